The molecule has 3 heteroatoms. The van der Waals surface area contributed by atoms with Crippen LogP contribution in [0.15, 0.2) is 24.3 Å². The van der Waals surface area contributed by atoms with Crippen LogP contribution in [0.4, 0.5) is 5.69 Å². The first-order valence-corrected chi connectivity index (χ1v) is 5.45. The molecule has 0 bridgehead atoms. The van der Waals surface area contributed by atoms with Gasteiger partial charge in [0, 0.05) is 11.2 Å². The summed E-state index contributed by atoms with van der Waals surface area (Å²) >= 11 is 0. The molecular weight excluding hydrogens is 202 g/mol. The van der Waals surface area contributed by atoms with E-state index in [1.54, 1.807) is 6.07 Å². The zero-order chi connectivity index (χ0) is 12.2. The number of rotatable bonds is 4. The van der Waals surface area contributed by atoms with E-state index < -0.39 is 0 Å². The lowest BCUT2D eigenvalue weighted by molar-refractivity contribution is 0.0601. The molecule has 0 saturated carbocycles. The number of anilines is 1. The molecule has 0 aliphatic rings. The van der Waals surface area contributed by atoms with Gasteiger partial charge in [-0.05, 0) is 38.5 Å². The molecule has 0 radical (unpaired) electrons. The van der Waals surface area contributed by atoms with Gasteiger partial charge >= 0.3 is 5.97 Å². The average Bonchev–Trinajstić information content (AvgIpc) is 2.28. The maximum Gasteiger partial charge on any atom is 0.337 e. The van der Waals surface area contributed by atoms with E-state index in [9.17, 15) is 4.79 Å². The molecule has 16 heavy (non-hydrogen) atoms. The fraction of sp³-hybridized carbons (Fsp3) is 0.462. The van der Waals surface area contributed by atoms with Crippen molar-refractivity contribution in [2.75, 3.05) is 12.4 Å². The van der Waals surface area contributed by atoms with Crippen molar-refractivity contribution in [2.45, 2.75) is 32.7 Å². The predicted molar refractivity (Wildman–Crippen MR) is 65.8 cm³/mol. The topological polar surface area (TPSA) is 38.3 Å². The first-order valence-electron chi connectivity index (χ1n) is 5.45. The quantitative estimate of drug-likeness (QED) is 0.794. The molecule has 0 aliphatic heterocycles. The number of nitrogens with one attached hydrogen (secondary N) is 1. The van der Waals surface area contributed by atoms with Gasteiger partial charge in [-0.3, -0.25) is 0 Å². The summed E-state index contributed by atoms with van der Waals surface area (Å²) in [6.45, 7) is 6.37. The van der Waals surface area contributed by atoms with Crippen LogP contribution in [-0.2, 0) is 4.74 Å². The lowest BCUT2D eigenvalue weighted by Crippen LogP contribution is -2.29. The molecule has 0 spiro atoms. The van der Waals surface area contributed by atoms with Gasteiger partial charge in [0.15, 0.2) is 0 Å². The number of methoxy groups -OCH3 is 1. The normalized spacial score (nSPS) is 11.0. The van der Waals surface area contributed by atoms with Crippen LogP contribution >= 0.6 is 0 Å². The molecule has 1 aromatic rings. The van der Waals surface area contributed by atoms with Crippen molar-refractivity contribution in [3.63, 3.8) is 0 Å². The van der Waals surface area contributed by atoms with Crippen molar-refractivity contribution >= 4 is 11.7 Å². The summed E-state index contributed by atoms with van der Waals surface area (Å²) in [4.78, 5) is 11.4. The third-order valence-electron chi connectivity index (χ3n) is 2.65. The molecule has 0 atom stereocenters. The van der Waals surface area contributed by atoms with Gasteiger partial charge in [-0.15, -0.1) is 0 Å². The molecular formula is C13H19NO2. The maximum absolute atomic E-state index is 11.4. The fourth-order valence-electron chi connectivity index (χ4n) is 1.32. The first-order chi connectivity index (χ1) is 7.48. The minimum atomic E-state index is -0.307. The van der Waals surface area contributed by atoms with Crippen LogP contribution in [0.5, 0.6) is 0 Å². The number of carbonyl (C=O) groups is 1. The Hall–Kier alpha value is -1.51. The minimum Gasteiger partial charge on any atom is -0.465 e. The molecule has 0 unspecified atom stereocenters. The molecule has 3 nitrogen and oxygen atoms in total. The zero-order valence-corrected chi connectivity index (χ0v) is 10.3. The highest BCUT2D eigenvalue weighted by molar-refractivity contribution is 5.90. The van der Waals surface area contributed by atoms with Crippen LogP contribution < -0.4 is 5.32 Å². The van der Waals surface area contributed by atoms with Gasteiger partial charge in [0.2, 0.25) is 0 Å². The molecule has 88 valence electrons. The van der Waals surface area contributed by atoms with Crippen LogP contribution in [0.3, 0.4) is 0 Å². The predicted octanol–water partition coefficient (Wildman–Crippen LogP) is 3.07. The van der Waals surface area contributed by atoms with Gasteiger partial charge in [0.25, 0.3) is 0 Å². The summed E-state index contributed by atoms with van der Waals surface area (Å²) in [5, 5.41) is 3.38. The summed E-state index contributed by atoms with van der Waals surface area (Å²) in [5.74, 6) is -0.307. The van der Waals surface area contributed by atoms with E-state index in [-0.39, 0.29) is 11.5 Å². The van der Waals surface area contributed by atoms with E-state index in [2.05, 4.69) is 30.8 Å². The summed E-state index contributed by atoms with van der Waals surface area (Å²) in [6.07, 6.45) is 1.01. The van der Waals surface area contributed by atoms with Crippen LogP contribution in [-0.4, -0.2) is 18.6 Å². The van der Waals surface area contributed by atoms with Gasteiger partial charge in [0.1, 0.15) is 0 Å². The second-order valence-electron chi connectivity index (χ2n) is 4.43. The van der Waals surface area contributed by atoms with Crippen LogP contribution in [0.2, 0.25) is 0 Å². The van der Waals surface area contributed by atoms with Gasteiger partial charge < -0.3 is 10.1 Å². The Balaban J connectivity index is 2.87. The largest absolute Gasteiger partial charge is 0.465 e. The van der Waals surface area contributed by atoms with E-state index >= 15 is 0 Å². The standard InChI is InChI=1S/C13H19NO2/c1-5-13(2,3)14-11-8-6-7-10(9-11)12(15)16-4/h6-9,14H,5H2,1-4H3. The van der Waals surface area contributed by atoms with E-state index in [1.807, 2.05) is 18.2 Å². The van der Waals surface area contributed by atoms with E-state index in [1.165, 1.54) is 7.11 Å². The van der Waals surface area contributed by atoms with Crippen LogP contribution in [0.1, 0.15) is 37.6 Å². The van der Waals surface area contributed by atoms with Gasteiger partial charge in [-0.1, -0.05) is 13.0 Å². The number of carbonyl (C=O) groups excluding carboxylic acids is 1. The molecule has 0 amide bonds. The third kappa shape index (κ3) is 3.26. The Bertz CT molecular complexity index is 372. The van der Waals surface area contributed by atoms with Crippen LogP contribution in [0.25, 0.3) is 0 Å². The molecule has 0 heterocycles. The first kappa shape index (κ1) is 12.6. The Morgan fingerprint density at radius 2 is 2.12 bits per heavy atom. The smallest absolute Gasteiger partial charge is 0.337 e. The molecule has 1 aromatic carbocycles. The number of ether oxygens (including phenoxy) is 1. The zero-order valence-electron chi connectivity index (χ0n) is 10.3. The van der Waals surface area contributed by atoms with E-state index in [4.69, 9.17) is 0 Å². The minimum absolute atomic E-state index is 0.0226. The summed E-state index contributed by atoms with van der Waals surface area (Å²) < 4.78 is 4.68. The Labute approximate surface area is 96.8 Å². The van der Waals surface area contributed by atoms with Crippen molar-refractivity contribution in [2.24, 2.45) is 0 Å². The van der Waals surface area contributed by atoms with Crippen molar-refractivity contribution in [3.05, 3.63) is 29.8 Å². The molecule has 1 rings (SSSR count). The Morgan fingerprint density at radius 1 is 1.44 bits per heavy atom. The lowest BCUT2D eigenvalue weighted by Gasteiger charge is -2.26. The third-order valence-corrected chi connectivity index (χ3v) is 2.65. The fourth-order valence-corrected chi connectivity index (χ4v) is 1.32. The summed E-state index contributed by atoms with van der Waals surface area (Å²) in [5.41, 5.74) is 1.53. The number of hydrogen-bond acceptors (Lipinski definition) is 3. The van der Waals surface area contributed by atoms with Gasteiger partial charge in [-0.25, -0.2) is 4.79 Å². The Morgan fingerprint density at radius 3 is 2.69 bits per heavy atom. The van der Waals surface area contributed by atoms with Crippen molar-refractivity contribution in [1.29, 1.82) is 0 Å². The maximum atomic E-state index is 11.4. The average molecular weight is 221 g/mol. The highest BCUT2D eigenvalue weighted by atomic mass is 16.5. The number of hydrogen-bond donors (Lipinski definition) is 1. The molecule has 0 saturated heterocycles. The SMILES string of the molecule is CCC(C)(C)Nc1cccc(C(=O)OC)c1. The number of benzene rings is 1. The highest BCUT2D eigenvalue weighted by Gasteiger charge is 2.15. The van der Waals surface area contributed by atoms with Gasteiger partial charge in [-0.2, -0.15) is 0 Å². The van der Waals surface area contributed by atoms with E-state index in [0.717, 1.165) is 12.1 Å². The molecule has 0 aromatic heterocycles. The highest BCUT2D eigenvalue weighted by Crippen LogP contribution is 2.19. The second-order valence-corrected chi connectivity index (χ2v) is 4.43. The second kappa shape index (κ2) is 5.01. The Kier molecular flexibility index (Phi) is 3.93. The van der Waals surface area contributed by atoms with E-state index in [0.29, 0.717) is 5.56 Å². The molecule has 1 N–H and O–H groups in total. The lowest BCUT2D eigenvalue weighted by atomic mass is 10.0. The van der Waals surface area contributed by atoms with Crippen molar-refractivity contribution in [1.82, 2.24) is 0 Å². The van der Waals surface area contributed by atoms with Crippen molar-refractivity contribution in [3.8, 4) is 0 Å². The molecule has 0 aliphatic carbocycles. The van der Waals surface area contributed by atoms with Crippen LogP contribution in [0, 0.1) is 0 Å². The molecule has 0 fully saturated rings. The van der Waals surface area contributed by atoms with Gasteiger partial charge in [0.05, 0.1) is 12.7 Å². The van der Waals surface area contributed by atoms with Crippen molar-refractivity contribution < 1.29 is 9.53 Å². The summed E-state index contributed by atoms with van der Waals surface area (Å²) in [6, 6.07) is 7.35. The number of esters is 1. The monoisotopic (exact) mass is 221 g/mol. The summed E-state index contributed by atoms with van der Waals surface area (Å²) in [7, 11) is 1.39.